The molecule has 6 heteroatoms. The van der Waals surface area contributed by atoms with Crippen LogP contribution < -0.4 is 5.32 Å². The molecule has 1 N–H and O–H groups in total. The lowest BCUT2D eigenvalue weighted by atomic mass is 10.1. The van der Waals surface area contributed by atoms with Gasteiger partial charge in [0.05, 0.1) is 0 Å². The Bertz CT molecular complexity index is 392. The normalized spacial score (nSPS) is 20.0. The number of piperidine rings is 1. The highest BCUT2D eigenvalue weighted by molar-refractivity contribution is 7.86. The third-order valence-corrected chi connectivity index (χ3v) is 5.96. The molecule has 0 spiro atoms. The Hall–Kier alpha value is -0.910. The Morgan fingerprint density at radius 2 is 1.67 bits per heavy atom. The van der Waals surface area contributed by atoms with Gasteiger partial charge in [0.25, 0.3) is 0 Å². The van der Waals surface area contributed by atoms with E-state index in [1.807, 2.05) is 25.7 Å². The second-order valence-electron chi connectivity index (χ2n) is 6.15. The van der Waals surface area contributed by atoms with Crippen molar-refractivity contribution < 1.29 is 13.8 Å². The van der Waals surface area contributed by atoms with Crippen molar-refractivity contribution in [1.29, 1.82) is 0 Å². The summed E-state index contributed by atoms with van der Waals surface area (Å²) in [5.74, 6) is -0.104. The van der Waals surface area contributed by atoms with Crippen molar-refractivity contribution in [2.45, 2.75) is 58.2 Å². The number of nitrogens with zero attached hydrogens (tertiary/aromatic N) is 1. The van der Waals surface area contributed by atoms with Gasteiger partial charge in [0.2, 0.25) is 11.8 Å². The van der Waals surface area contributed by atoms with Crippen LogP contribution in [0.4, 0.5) is 0 Å². The molecule has 0 aromatic carbocycles. The van der Waals surface area contributed by atoms with E-state index in [0.29, 0.717) is 0 Å². The fourth-order valence-corrected chi connectivity index (χ4v) is 3.51. The number of carbonyl (C=O) groups excluding carboxylic acids is 2. The number of hydrogen-bond acceptors (Lipinski definition) is 3. The van der Waals surface area contributed by atoms with Gasteiger partial charge in [-0.2, -0.15) is 0 Å². The van der Waals surface area contributed by atoms with Gasteiger partial charge in [-0.15, -0.1) is 0 Å². The van der Waals surface area contributed by atoms with Crippen molar-refractivity contribution in [1.82, 2.24) is 10.2 Å². The molecule has 0 unspecified atom stereocenters. The first-order valence-electron chi connectivity index (χ1n) is 7.78. The van der Waals surface area contributed by atoms with Crippen LogP contribution in [-0.4, -0.2) is 51.1 Å². The molecule has 5 nitrogen and oxygen atoms in total. The molecule has 0 aliphatic carbocycles. The SMILES string of the molecule is CC(C)[C@H](C)[S@@](=O)CC(=O)N[C@@H](C)C(=O)N1CCCCC1. The number of amides is 2. The summed E-state index contributed by atoms with van der Waals surface area (Å²) in [7, 11) is -1.20. The molecule has 1 aliphatic rings. The van der Waals surface area contributed by atoms with Gasteiger partial charge in [-0.25, -0.2) is 0 Å². The summed E-state index contributed by atoms with van der Waals surface area (Å²) in [6, 6.07) is -0.540. The largest absolute Gasteiger partial charge is 0.344 e. The molecule has 1 rings (SSSR count). The maximum Gasteiger partial charge on any atom is 0.244 e. The minimum Gasteiger partial charge on any atom is -0.344 e. The Kier molecular flexibility index (Phi) is 7.35. The van der Waals surface area contributed by atoms with Gasteiger partial charge in [0.15, 0.2) is 0 Å². The van der Waals surface area contributed by atoms with Gasteiger partial charge in [-0.3, -0.25) is 13.8 Å². The van der Waals surface area contributed by atoms with E-state index in [1.54, 1.807) is 6.92 Å². The first-order chi connectivity index (χ1) is 9.82. The van der Waals surface area contributed by atoms with E-state index in [4.69, 9.17) is 0 Å². The second-order valence-corrected chi connectivity index (χ2v) is 7.94. The number of hydrogen-bond donors (Lipinski definition) is 1. The van der Waals surface area contributed by atoms with Crippen LogP contribution in [0.5, 0.6) is 0 Å². The smallest absolute Gasteiger partial charge is 0.244 e. The number of likely N-dealkylation sites (tertiary alicyclic amines) is 1. The molecule has 1 fully saturated rings. The molecule has 122 valence electrons. The van der Waals surface area contributed by atoms with E-state index >= 15 is 0 Å². The lowest BCUT2D eigenvalue weighted by Gasteiger charge is -2.29. The molecule has 0 aromatic heterocycles. The van der Waals surface area contributed by atoms with E-state index < -0.39 is 16.8 Å². The zero-order valence-electron chi connectivity index (χ0n) is 13.6. The summed E-state index contributed by atoms with van der Waals surface area (Å²) >= 11 is 0. The maximum absolute atomic E-state index is 12.2. The number of nitrogens with one attached hydrogen (secondary N) is 1. The second kappa shape index (κ2) is 8.51. The van der Waals surface area contributed by atoms with Crippen LogP contribution in [-0.2, 0) is 20.4 Å². The minimum atomic E-state index is -1.20. The summed E-state index contributed by atoms with van der Waals surface area (Å²) in [5, 5.41) is 2.65. The molecule has 0 bridgehead atoms. The highest BCUT2D eigenvalue weighted by Crippen LogP contribution is 2.11. The quantitative estimate of drug-likeness (QED) is 0.803. The molecule has 1 heterocycles. The topological polar surface area (TPSA) is 66.5 Å². The van der Waals surface area contributed by atoms with Crippen molar-refractivity contribution in [2.24, 2.45) is 5.92 Å². The van der Waals surface area contributed by atoms with Crippen LogP contribution in [0, 0.1) is 5.92 Å². The molecule has 2 amide bonds. The standard InChI is InChI=1S/C15H28N2O3S/c1-11(2)13(4)21(20)10-14(18)16-12(3)15(19)17-8-6-5-7-9-17/h11-13H,5-10H2,1-4H3,(H,16,18)/t12-,13-,21-/m0/s1. The Labute approximate surface area is 130 Å². The van der Waals surface area contributed by atoms with Crippen molar-refractivity contribution in [3.05, 3.63) is 0 Å². The van der Waals surface area contributed by atoms with Gasteiger partial charge in [0, 0.05) is 29.1 Å². The predicted octanol–water partition coefficient (Wildman–Crippen LogP) is 1.30. The van der Waals surface area contributed by atoms with Crippen molar-refractivity contribution >= 4 is 22.6 Å². The maximum atomic E-state index is 12.2. The molecule has 21 heavy (non-hydrogen) atoms. The molecule has 1 saturated heterocycles. The van der Waals surface area contributed by atoms with E-state index in [0.717, 1.165) is 32.4 Å². The Balaban J connectivity index is 2.42. The molecule has 1 aliphatic heterocycles. The minimum absolute atomic E-state index is 0.0242. The lowest BCUT2D eigenvalue weighted by Crippen LogP contribution is -2.49. The van der Waals surface area contributed by atoms with Crippen LogP contribution in [0.2, 0.25) is 0 Å². The van der Waals surface area contributed by atoms with Gasteiger partial charge < -0.3 is 10.2 Å². The van der Waals surface area contributed by atoms with Crippen LogP contribution in [0.25, 0.3) is 0 Å². The van der Waals surface area contributed by atoms with Gasteiger partial charge in [-0.1, -0.05) is 20.8 Å². The summed E-state index contributed by atoms with van der Waals surface area (Å²) in [5.41, 5.74) is 0. The molecule has 0 aromatic rings. The van der Waals surface area contributed by atoms with Gasteiger partial charge in [-0.05, 0) is 32.1 Å². The van der Waals surface area contributed by atoms with Crippen LogP contribution in [0.15, 0.2) is 0 Å². The average molecular weight is 316 g/mol. The third kappa shape index (κ3) is 5.77. The first kappa shape index (κ1) is 18.1. The van der Waals surface area contributed by atoms with Crippen molar-refractivity contribution in [3.63, 3.8) is 0 Å². The van der Waals surface area contributed by atoms with E-state index in [1.165, 1.54) is 0 Å². The summed E-state index contributed by atoms with van der Waals surface area (Å²) in [6.45, 7) is 9.11. The predicted molar refractivity (Wildman–Crippen MR) is 85.3 cm³/mol. The van der Waals surface area contributed by atoms with Crippen molar-refractivity contribution in [3.8, 4) is 0 Å². The highest BCUT2D eigenvalue weighted by Gasteiger charge is 2.25. The fourth-order valence-electron chi connectivity index (χ4n) is 2.30. The monoisotopic (exact) mass is 316 g/mol. The zero-order valence-corrected chi connectivity index (χ0v) is 14.4. The van der Waals surface area contributed by atoms with E-state index in [-0.39, 0.29) is 28.7 Å². The van der Waals surface area contributed by atoms with E-state index in [2.05, 4.69) is 5.32 Å². The summed E-state index contributed by atoms with van der Waals surface area (Å²) in [4.78, 5) is 25.9. The van der Waals surface area contributed by atoms with E-state index in [9.17, 15) is 13.8 Å². The molecular formula is C15H28N2O3S. The van der Waals surface area contributed by atoms with Crippen LogP contribution in [0.3, 0.4) is 0 Å². The number of carbonyl (C=O) groups is 2. The molecule has 0 saturated carbocycles. The van der Waals surface area contributed by atoms with Gasteiger partial charge in [0.1, 0.15) is 11.8 Å². The lowest BCUT2D eigenvalue weighted by molar-refractivity contribution is -0.136. The molecular weight excluding hydrogens is 288 g/mol. The average Bonchev–Trinajstić information content (AvgIpc) is 2.46. The third-order valence-electron chi connectivity index (χ3n) is 4.04. The summed E-state index contributed by atoms with van der Waals surface area (Å²) < 4.78 is 12.0. The van der Waals surface area contributed by atoms with Crippen molar-refractivity contribution in [2.75, 3.05) is 18.8 Å². The fraction of sp³-hybridized carbons (Fsp3) is 0.867. The zero-order chi connectivity index (χ0) is 16.0. The highest BCUT2D eigenvalue weighted by atomic mass is 32.2. The first-order valence-corrected chi connectivity index (χ1v) is 9.16. The summed E-state index contributed by atoms with van der Waals surface area (Å²) in [6.07, 6.45) is 3.22. The Morgan fingerprint density at radius 1 is 1.10 bits per heavy atom. The Morgan fingerprint density at radius 3 is 2.19 bits per heavy atom. The number of rotatable bonds is 6. The molecule has 0 radical (unpaired) electrons. The van der Waals surface area contributed by atoms with Crippen LogP contribution in [0.1, 0.15) is 47.0 Å². The molecule has 3 atom stereocenters. The van der Waals surface area contributed by atoms with Crippen LogP contribution >= 0.6 is 0 Å². The van der Waals surface area contributed by atoms with Gasteiger partial charge >= 0.3 is 0 Å².